The van der Waals surface area contributed by atoms with Crippen LogP contribution in [0.25, 0.3) is 0 Å². The molecule has 0 atom stereocenters. The fourth-order valence-electron chi connectivity index (χ4n) is 2.27. The zero-order valence-corrected chi connectivity index (χ0v) is 12.2. The molecule has 1 heterocycles. The molecule has 0 spiro atoms. The summed E-state index contributed by atoms with van der Waals surface area (Å²) in [5.74, 6) is 0.784. The first kappa shape index (κ1) is 14.3. The van der Waals surface area contributed by atoms with Crippen molar-refractivity contribution in [3.8, 4) is 5.75 Å². The molecule has 0 bridgehead atoms. The molecule has 0 radical (unpaired) electrons. The summed E-state index contributed by atoms with van der Waals surface area (Å²) >= 11 is 0. The second kappa shape index (κ2) is 6.37. The van der Waals surface area contributed by atoms with Gasteiger partial charge in [0.05, 0.1) is 19.3 Å². The van der Waals surface area contributed by atoms with Crippen LogP contribution in [0.2, 0.25) is 0 Å². The van der Waals surface area contributed by atoms with Gasteiger partial charge in [0.25, 0.3) is 0 Å². The number of benzene rings is 1. The van der Waals surface area contributed by atoms with E-state index in [-0.39, 0.29) is 0 Å². The third-order valence-electron chi connectivity index (χ3n) is 3.40. The van der Waals surface area contributed by atoms with Gasteiger partial charge in [0.15, 0.2) is 0 Å². The summed E-state index contributed by atoms with van der Waals surface area (Å²) in [4.78, 5) is 10.9. The van der Waals surface area contributed by atoms with Gasteiger partial charge < -0.3 is 4.74 Å². The summed E-state index contributed by atoms with van der Waals surface area (Å²) < 4.78 is 7.36. The number of aryl methyl sites for hydroxylation is 2. The molecular formula is C16H20N2O2. The van der Waals surface area contributed by atoms with Gasteiger partial charge in [0.2, 0.25) is 0 Å². The largest absolute Gasteiger partial charge is 0.496 e. The lowest BCUT2D eigenvalue weighted by molar-refractivity contribution is 0.112. The van der Waals surface area contributed by atoms with E-state index in [2.05, 4.69) is 25.0 Å². The Hall–Kier alpha value is -2.10. The second-order valence-electron chi connectivity index (χ2n) is 4.68. The van der Waals surface area contributed by atoms with Crippen molar-refractivity contribution in [3.05, 3.63) is 46.8 Å². The highest BCUT2D eigenvalue weighted by Crippen LogP contribution is 2.21. The van der Waals surface area contributed by atoms with Crippen molar-refractivity contribution in [2.45, 2.75) is 33.2 Å². The van der Waals surface area contributed by atoms with Gasteiger partial charge in [0.1, 0.15) is 12.0 Å². The van der Waals surface area contributed by atoms with E-state index in [9.17, 15) is 4.79 Å². The van der Waals surface area contributed by atoms with Gasteiger partial charge in [-0.3, -0.25) is 9.48 Å². The van der Waals surface area contributed by atoms with Crippen LogP contribution in [0.15, 0.2) is 24.3 Å². The molecule has 0 saturated heterocycles. The number of methoxy groups -OCH3 is 1. The summed E-state index contributed by atoms with van der Waals surface area (Å²) in [6, 6.07) is 7.58. The topological polar surface area (TPSA) is 44.1 Å². The zero-order valence-electron chi connectivity index (χ0n) is 12.2. The van der Waals surface area contributed by atoms with Crippen LogP contribution in [-0.2, 0) is 19.4 Å². The van der Waals surface area contributed by atoms with E-state index >= 15 is 0 Å². The number of aromatic nitrogens is 2. The highest BCUT2D eigenvalue weighted by atomic mass is 16.5. The van der Waals surface area contributed by atoms with Crippen LogP contribution in [0.4, 0.5) is 0 Å². The van der Waals surface area contributed by atoms with Gasteiger partial charge in [-0.25, -0.2) is 0 Å². The number of carbonyl (C=O) groups is 1. The number of nitrogens with zero attached hydrogens (tertiary/aromatic N) is 2. The van der Waals surface area contributed by atoms with Crippen molar-refractivity contribution in [1.29, 1.82) is 0 Å². The van der Waals surface area contributed by atoms with Crippen LogP contribution in [0, 0.1) is 0 Å². The maximum atomic E-state index is 10.9. The Kier molecular flexibility index (Phi) is 4.56. The monoisotopic (exact) mass is 272 g/mol. The molecule has 0 aliphatic rings. The smallest absolute Gasteiger partial charge is 0.150 e. The molecule has 0 fully saturated rings. The van der Waals surface area contributed by atoms with Crippen LogP contribution in [0.3, 0.4) is 0 Å². The standard InChI is InChI=1S/C16H20N2O2/c1-4-14-9-15(5-2)18(17-14)10-13-8-12(11-19)6-7-16(13)20-3/h6-9,11H,4-5,10H2,1-3H3. The lowest BCUT2D eigenvalue weighted by atomic mass is 10.1. The first-order valence-electron chi connectivity index (χ1n) is 6.89. The molecule has 0 unspecified atom stereocenters. The van der Waals surface area contributed by atoms with Crippen molar-refractivity contribution >= 4 is 6.29 Å². The molecule has 2 aromatic rings. The molecular weight excluding hydrogens is 252 g/mol. The minimum absolute atomic E-state index is 0.619. The summed E-state index contributed by atoms with van der Waals surface area (Å²) in [5, 5.41) is 4.60. The quantitative estimate of drug-likeness (QED) is 0.759. The SMILES string of the molecule is CCc1cc(CC)n(Cc2cc(C=O)ccc2OC)n1. The fourth-order valence-corrected chi connectivity index (χ4v) is 2.27. The highest BCUT2D eigenvalue weighted by Gasteiger charge is 2.10. The average Bonchev–Trinajstić information content (AvgIpc) is 2.89. The van der Waals surface area contributed by atoms with E-state index in [0.29, 0.717) is 12.1 Å². The Balaban J connectivity index is 2.37. The Labute approximate surface area is 119 Å². The molecule has 0 amide bonds. The fraction of sp³-hybridized carbons (Fsp3) is 0.375. The number of hydrogen-bond donors (Lipinski definition) is 0. The van der Waals surface area contributed by atoms with Gasteiger partial charge in [0, 0.05) is 16.8 Å². The predicted molar refractivity (Wildman–Crippen MR) is 78.5 cm³/mol. The van der Waals surface area contributed by atoms with Crippen LogP contribution in [-0.4, -0.2) is 23.2 Å². The molecule has 4 heteroatoms. The molecule has 4 nitrogen and oxygen atoms in total. The van der Waals surface area contributed by atoms with Crippen molar-refractivity contribution in [3.63, 3.8) is 0 Å². The van der Waals surface area contributed by atoms with Gasteiger partial charge in [-0.05, 0) is 37.1 Å². The van der Waals surface area contributed by atoms with E-state index < -0.39 is 0 Å². The maximum absolute atomic E-state index is 10.9. The van der Waals surface area contributed by atoms with Crippen molar-refractivity contribution in [2.24, 2.45) is 0 Å². The van der Waals surface area contributed by atoms with E-state index in [1.165, 1.54) is 5.69 Å². The van der Waals surface area contributed by atoms with E-state index in [0.717, 1.165) is 36.1 Å². The summed E-state index contributed by atoms with van der Waals surface area (Å²) in [7, 11) is 1.64. The molecule has 2 rings (SSSR count). The summed E-state index contributed by atoms with van der Waals surface area (Å²) in [5.41, 5.74) is 3.91. The maximum Gasteiger partial charge on any atom is 0.150 e. The van der Waals surface area contributed by atoms with E-state index in [1.54, 1.807) is 13.2 Å². The van der Waals surface area contributed by atoms with Gasteiger partial charge in [-0.15, -0.1) is 0 Å². The number of rotatable bonds is 6. The molecule has 0 saturated carbocycles. The minimum Gasteiger partial charge on any atom is -0.496 e. The minimum atomic E-state index is 0.619. The first-order chi connectivity index (χ1) is 9.71. The van der Waals surface area contributed by atoms with Crippen LogP contribution >= 0.6 is 0 Å². The van der Waals surface area contributed by atoms with Crippen molar-refractivity contribution in [1.82, 2.24) is 9.78 Å². The highest BCUT2D eigenvalue weighted by molar-refractivity contribution is 5.75. The van der Waals surface area contributed by atoms with Gasteiger partial charge >= 0.3 is 0 Å². The Morgan fingerprint density at radius 2 is 2.05 bits per heavy atom. The Morgan fingerprint density at radius 3 is 2.65 bits per heavy atom. The van der Waals surface area contributed by atoms with Crippen molar-refractivity contribution < 1.29 is 9.53 Å². The van der Waals surface area contributed by atoms with E-state index in [1.807, 2.05) is 16.8 Å². The number of hydrogen-bond acceptors (Lipinski definition) is 3. The molecule has 0 aliphatic carbocycles. The second-order valence-corrected chi connectivity index (χ2v) is 4.68. The van der Waals surface area contributed by atoms with Crippen LogP contribution in [0.5, 0.6) is 5.75 Å². The molecule has 106 valence electrons. The van der Waals surface area contributed by atoms with Crippen LogP contribution in [0.1, 0.15) is 41.2 Å². The van der Waals surface area contributed by atoms with Crippen molar-refractivity contribution in [2.75, 3.05) is 7.11 Å². The number of carbonyl (C=O) groups excluding carboxylic acids is 1. The molecule has 1 aromatic heterocycles. The Bertz CT molecular complexity index is 603. The summed E-state index contributed by atoms with van der Waals surface area (Å²) in [6.07, 6.45) is 2.71. The first-order valence-corrected chi connectivity index (χ1v) is 6.89. The predicted octanol–water partition coefficient (Wildman–Crippen LogP) is 2.88. The molecule has 1 aromatic carbocycles. The normalized spacial score (nSPS) is 10.6. The lowest BCUT2D eigenvalue weighted by Crippen LogP contribution is -2.07. The zero-order chi connectivity index (χ0) is 14.5. The van der Waals surface area contributed by atoms with Crippen LogP contribution < -0.4 is 4.74 Å². The van der Waals surface area contributed by atoms with Gasteiger partial charge in [-0.2, -0.15) is 5.10 Å². The lowest BCUT2D eigenvalue weighted by Gasteiger charge is -2.11. The number of ether oxygens (including phenoxy) is 1. The molecule has 0 aliphatic heterocycles. The third kappa shape index (κ3) is 2.90. The third-order valence-corrected chi connectivity index (χ3v) is 3.40. The average molecular weight is 272 g/mol. The summed E-state index contributed by atoms with van der Waals surface area (Å²) in [6.45, 7) is 4.83. The van der Waals surface area contributed by atoms with Gasteiger partial charge in [-0.1, -0.05) is 13.8 Å². The van der Waals surface area contributed by atoms with E-state index in [4.69, 9.17) is 4.74 Å². The molecule has 0 N–H and O–H groups in total. The Morgan fingerprint density at radius 1 is 1.25 bits per heavy atom. The molecule has 20 heavy (non-hydrogen) atoms. The number of aldehydes is 1.